The number of nitrogens with one attached hydrogen (secondary N) is 1. The summed E-state index contributed by atoms with van der Waals surface area (Å²) in [6.07, 6.45) is 3.34. The predicted octanol–water partition coefficient (Wildman–Crippen LogP) is 5.14. The molecule has 0 saturated carbocycles. The number of nitrogens with zero attached hydrogens (tertiary/aromatic N) is 2. The molecule has 2 aromatic heterocycles. The van der Waals surface area contributed by atoms with Gasteiger partial charge in [0.1, 0.15) is 5.56 Å². The largest absolute Gasteiger partial charge is 0.340 e. The van der Waals surface area contributed by atoms with Crippen LogP contribution in [0, 0.1) is 20.8 Å². The van der Waals surface area contributed by atoms with Crippen molar-refractivity contribution < 1.29 is 4.79 Å². The number of hydrogen-bond donors (Lipinski definition) is 1. The highest BCUT2D eigenvalue weighted by molar-refractivity contribution is 6.08. The van der Waals surface area contributed by atoms with Gasteiger partial charge in [-0.25, -0.2) is 0 Å². The van der Waals surface area contributed by atoms with Crippen LogP contribution in [0.1, 0.15) is 32.7 Å². The molecule has 2 aromatic carbocycles. The molecular weight excluding hydrogens is 398 g/mol. The lowest BCUT2D eigenvalue weighted by Crippen LogP contribution is -2.27. The molecule has 0 saturated heterocycles. The molecule has 4 rings (SSSR count). The summed E-state index contributed by atoms with van der Waals surface area (Å²) in [4.78, 5) is 30.7. The monoisotopic (exact) mass is 423 g/mol. The summed E-state index contributed by atoms with van der Waals surface area (Å²) in [6, 6.07) is 20.9. The molecule has 5 heteroatoms. The highest BCUT2D eigenvalue weighted by Crippen LogP contribution is 2.26. The quantitative estimate of drug-likeness (QED) is 0.484. The Balaban J connectivity index is 1.89. The fraction of sp³-hybridized carbons (Fsp3) is 0.148. The van der Waals surface area contributed by atoms with Crippen LogP contribution in [0.25, 0.3) is 11.3 Å². The Morgan fingerprint density at radius 1 is 0.938 bits per heavy atom. The molecule has 160 valence electrons. The first-order valence-electron chi connectivity index (χ1n) is 10.5. The summed E-state index contributed by atoms with van der Waals surface area (Å²) in [6.45, 7) is 6.37. The van der Waals surface area contributed by atoms with E-state index in [1.165, 1.54) is 6.07 Å². The Kier molecular flexibility index (Phi) is 5.99. The van der Waals surface area contributed by atoms with Gasteiger partial charge in [0.05, 0.1) is 5.69 Å². The molecule has 5 nitrogen and oxygen atoms in total. The number of carbonyl (C=O) groups excluding carboxylic acids is 1. The van der Waals surface area contributed by atoms with Crippen molar-refractivity contribution in [3.63, 3.8) is 0 Å². The summed E-state index contributed by atoms with van der Waals surface area (Å²) in [5, 5.41) is 2.96. The maximum atomic E-state index is 13.5. The van der Waals surface area contributed by atoms with E-state index in [1.807, 2.05) is 86.0 Å². The van der Waals surface area contributed by atoms with Crippen molar-refractivity contribution in [2.75, 3.05) is 5.32 Å². The third-order valence-electron chi connectivity index (χ3n) is 5.74. The zero-order valence-corrected chi connectivity index (χ0v) is 18.4. The Bertz CT molecular complexity index is 1330. The average molecular weight is 424 g/mol. The molecule has 32 heavy (non-hydrogen) atoms. The molecule has 0 aliphatic carbocycles. The standard InChI is InChI=1S/C27H25N3O2/c1-18-8-7-11-23(20(18)3)29-27(32)25-24(31)16-19(2)30(17-21-9-5-4-6-10-21)26(25)22-12-14-28-15-13-22/h4-16H,17H2,1-3H3,(H,29,32). The van der Waals surface area contributed by atoms with Crippen molar-refractivity contribution >= 4 is 11.6 Å². The van der Waals surface area contributed by atoms with E-state index in [0.29, 0.717) is 17.9 Å². The molecular formula is C27H25N3O2. The SMILES string of the molecule is Cc1cccc(NC(=O)c2c(-c3ccncc3)n(Cc3ccccc3)c(C)cc2=O)c1C. The molecule has 0 atom stereocenters. The molecule has 0 radical (unpaired) electrons. The minimum atomic E-state index is -0.419. The molecule has 2 heterocycles. The van der Waals surface area contributed by atoms with Crippen molar-refractivity contribution in [1.82, 2.24) is 9.55 Å². The fourth-order valence-corrected chi connectivity index (χ4v) is 3.84. The molecule has 0 aliphatic heterocycles. The molecule has 0 aliphatic rings. The van der Waals surface area contributed by atoms with Gasteiger partial charge in [-0.1, -0.05) is 42.5 Å². The Hall–Kier alpha value is -3.99. The van der Waals surface area contributed by atoms with E-state index in [4.69, 9.17) is 0 Å². The van der Waals surface area contributed by atoms with Crippen molar-refractivity contribution in [2.24, 2.45) is 0 Å². The second-order valence-electron chi connectivity index (χ2n) is 7.88. The number of carbonyl (C=O) groups is 1. The lowest BCUT2D eigenvalue weighted by molar-refractivity contribution is 0.102. The van der Waals surface area contributed by atoms with Crippen molar-refractivity contribution in [2.45, 2.75) is 27.3 Å². The number of aromatic nitrogens is 2. The van der Waals surface area contributed by atoms with E-state index in [1.54, 1.807) is 12.4 Å². The van der Waals surface area contributed by atoms with E-state index in [-0.39, 0.29) is 11.0 Å². The Morgan fingerprint density at radius 2 is 1.66 bits per heavy atom. The fourth-order valence-electron chi connectivity index (χ4n) is 3.84. The van der Waals surface area contributed by atoms with Gasteiger partial charge in [0.25, 0.3) is 5.91 Å². The molecule has 0 bridgehead atoms. The van der Waals surface area contributed by atoms with Crippen LogP contribution in [-0.4, -0.2) is 15.5 Å². The lowest BCUT2D eigenvalue weighted by Gasteiger charge is -2.21. The second-order valence-corrected chi connectivity index (χ2v) is 7.88. The second kappa shape index (κ2) is 9.02. The highest BCUT2D eigenvalue weighted by Gasteiger charge is 2.22. The number of anilines is 1. The maximum Gasteiger partial charge on any atom is 0.261 e. The van der Waals surface area contributed by atoms with Crippen LogP contribution in [-0.2, 0) is 6.54 Å². The van der Waals surface area contributed by atoms with Gasteiger partial charge in [-0.05, 0) is 55.7 Å². The van der Waals surface area contributed by atoms with Crippen LogP contribution < -0.4 is 10.7 Å². The Labute approximate surface area is 187 Å². The van der Waals surface area contributed by atoms with Crippen molar-refractivity contribution in [3.8, 4) is 11.3 Å². The molecule has 1 N–H and O–H groups in total. The maximum absolute atomic E-state index is 13.5. The van der Waals surface area contributed by atoms with Crippen LogP contribution in [0.15, 0.2) is 83.9 Å². The first kappa shape index (κ1) is 21.2. The van der Waals surface area contributed by atoms with Gasteiger partial charge in [-0.15, -0.1) is 0 Å². The summed E-state index contributed by atoms with van der Waals surface area (Å²) in [5.74, 6) is -0.419. The third-order valence-corrected chi connectivity index (χ3v) is 5.74. The van der Waals surface area contributed by atoms with Crippen LogP contribution in [0.4, 0.5) is 5.69 Å². The molecule has 1 amide bonds. The number of aryl methyl sites for hydroxylation is 2. The van der Waals surface area contributed by atoms with Gasteiger partial charge in [-0.3, -0.25) is 14.6 Å². The van der Waals surface area contributed by atoms with Crippen LogP contribution in [0.5, 0.6) is 0 Å². The first-order valence-corrected chi connectivity index (χ1v) is 10.5. The summed E-state index contributed by atoms with van der Waals surface area (Å²) in [5.41, 5.74) is 5.78. The van der Waals surface area contributed by atoms with Gasteiger partial charge in [0, 0.05) is 41.9 Å². The van der Waals surface area contributed by atoms with Crippen LogP contribution >= 0.6 is 0 Å². The Morgan fingerprint density at radius 3 is 2.38 bits per heavy atom. The number of benzene rings is 2. The molecule has 0 spiro atoms. The highest BCUT2D eigenvalue weighted by atomic mass is 16.2. The smallest absolute Gasteiger partial charge is 0.261 e. The normalized spacial score (nSPS) is 10.7. The van der Waals surface area contributed by atoms with E-state index in [2.05, 4.69) is 10.3 Å². The van der Waals surface area contributed by atoms with Crippen LogP contribution in [0.2, 0.25) is 0 Å². The van der Waals surface area contributed by atoms with E-state index in [9.17, 15) is 9.59 Å². The van der Waals surface area contributed by atoms with Gasteiger partial charge in [-0.2, -0.15) is 0 Å². The van der Waals surface area contributed by atoms with Gasteiger partial charge >= 0.3 is 0 Å². The van der Waals surface area contributed by atoms with E-state index in [0.717, 1.165) is 27.9 Å². The minimum absolute atomic E-state index is 0.124. The summed E-state index contributed by atoms with van der Waals surface area (Å²) < 4.78 is 2.02. The molecule has 0 unspecified atom stereocenters. The molecule has 0 fully saturated rings. The zero-order valence-electron chi connectivity index (χ0n) is 18.4. The zero-order chi connectivity index (χ0) is 22.7. The number of pyridine rings is 2. The number of hydrogen-bond acceptors (Lipinski definition) is 3. The van der Waals surface area contributed by atoms with Crippen molar-refractivity contribution in [3.05, 3.63) is 117 Å². The topological polar surface area (TPSA) is 64.0 Å². The van der Waals surface area contributed by atoms with Gasteiger partial charge in [0.15, 0.2) is 5.43 Å². The summed E-state index contributed by atoms with van der Waals surface area (Å²) in [7, 11) is 0. The van der Waals surface area contributed by atoms with E-state index < -0.39 is 5.91 Å². The van der Waals surface area contributed by atoms with Crippen LogP contribution in [0.3, 0.4) is 0 Å². The average Bonchev–Trinajstić information content (AvgIpc) is 2.79. The van der Waals surface area contributed by atoms with Crippen molar-refractivity contribution in [1.29, 1.82) is 0 Å². The lowest BCUT2D eigenvalue weighted by atomic mass is 10.0. The van der Waals surface area contributed by atoms with E-state index >= 15 is 0 Å². The number of rotatable bonds is 5. The predicted molar refractivity (Wildman–Crippen MR) is 128 cm³/mol. The van der Waals surface area contributed by atoms with Gasteiger partial charge < -0.3 is 9.88 Å². The molecule has 4 aromatic rings. The van der Waals surface area contributed by atoms with Gasteiger partial charge in [0.2, 0.25) is 0 Å². The minimum Gasteiger partial charge on any atom is -0.340 e. The summed E-state index contributed by atoms with van der Waals surface area (Å²) >= 11 is 0. The number of amides is 1. The first-order chi connectivity index (χ1) is 15.5. The third kappa shape index (κ3) is 4.23.